The molecule has 0 atom stereocenters. The number of para-hydroxylation sites is 1. The Morgan fingerprint density at radius 1 is 0.676 bits per heavy atom. The summed E-state index contributed by atoms with van der Waals surface area (Å²) in [6, 6.07) is 38.3. The number of allylic oxidation sites excluding steroid dienone is 4. The van der Waals surface area contributed by atoms with Gasteiger partial charge in [-0.1, -0.05) is 91.0 Å². The molecule has 0 N–H and O–H groups in total. The van der Waals surface area contributed by atoms with Crippen molar-refractivity contribution < 1.29 is 0 Å². The molecule has 2 nitrogen and oxygen atoms in total. The van der Waals surface area contributed by atoms with Crippen molar-refractivity contribution >= 4 is 45.1 Å². The van der Waals surface area contributed by atoms with Gasteiger partial charge >= 0.3 is 0 Å². The van der Waals surface area contributed by atoms with E-state index >= 15 is 0 Å². The van der Waals surface area contributed by atoms with Crippen LogP contribution in [0.15, 0.2) is 127 Å². The fraction of sp³-hybridized carbons (Fsp3) is 0.0571. The van der Waals surface area contributed by atoms with Crippen LogP contribution < -0.4 is 4.90 Å². The first-order chi connectivity index (χ1) is 18.3. The van der Waals surface area contributed by atoms with Crippen molar-refractivity contribution in [2.75, 3.05) is 4.90 Å². The van der Waals surface area contributed by atoms with E-state index < -0.39 is 0 Å². The summed E-state index contributed by atoms with van der Waals surface area (Å²) in [6.45, 7) is 0. The largest absolute Gasteiger partial charge is 0.314 e. The highest BCUT2D eigenvalue weighted by Gasteiger charge is 2.15. The van der Waals surface area contributed by atoms with Crippen LogP contribution in [0, 0.1) is 11.3 Å². The number of nitriles is 1. The average molecular weight is 475 g/mol. The Bertz CT molecular complexity index is 1720. The van der Waals surface area contributed by atoms with Crippen molar-refractivity contribution in [3.8, 4) is 6.07 Å². The molecular weight excluding hydrogens is 448 g/mol. The predicted molar refractivity (Wildman–Crippen MR) is 157 cm³/mol. The summed E-state index contributed by atoms with van der Waals surface area (Å²) in [4.78, 5) is 2.34. The van der Waals surface area contributed by atoms with Gasteiger partial charge in [-0.3, -0.25) is 0 Å². The molecule has 0 amide bonds. The van der Waals surface area contributed by atoms with E-state index in [4.69, 9.17) is 0 Å². The molecule has 6 rings (SSSR count). The maximum Gasteiger partial charge on any atom is 0.100 e. The van der Waals surface area contributed by atoms with Crippen LogP contribution in [0.3, 0.4) is 0 Å². The van der Waals surface area contributed by atoms with Crippen LogP contribution in [0.25, 0.3) is 33.7 Å². The summed E-state index contributed by atoms with van der Waals surface area (Å²) in [6.07, 6.45) is 13.0. The third kappa shape index (κ3) is 4.56. The molecule has 0 saturated carbocycles. The third-order valence-corrected chi connectivity index (χ3v) is 6.91. The molecule has 1 aliphatic carbocycles. The van der Waals surface area contributed by atoms with E-state index in [0.717, 1.165) is 56.8 Å². The van der Waals surface area contributed by atoms with Crippen molar-refractivity contribution in [2.24, 2.45) is 0 Å². The number of hydrogen-bond donors (Lipinski definition) is 0. The van der Waals surface area contributed by atoms with Gasteiger partial charge in [-0.2, -0.15) is 5.26 Å². The third-order valence-electron chi connectivity index (χ3n) is 6.91. The summed E-state index contributed by atoms with van der Waals surface area (Å²) in [5.41, 5.74) is 6.63. The molecular formula is C35H26N2. The average Bonchev–Trinajstić information content (AvgIpc) is 2.96. The van der Waals surface area contributed by atoms with Gasteiger partial charge in [0.15, 0.2) is 0 Å². The van der Waals surface area contributed by atoms with E-state index in [1.165, 1.54) is 11.4 Å². The van der Waals surface area contributed by atoms with Crippen molar-refractivity contribution in [2.45, 2.75) is 12.8 Å². The van der Waals surface area contributed by atoms with Gasteiger partial charge in [0.05, 0.1) is 5.56 Å². The lowest BCUT2D eigenvalue weighted by Crippen LogP contribution is -2.17. The van der Waals surface area contributed by atoms with Gasteiger partial charge in [0.1, 0.15) is 6.07 Å². The zero-order chi connectivity index (χ0) is 25.0. The van der Waals surface area contributed by atoms with Crippen molar-refractivity contribution in [3.05, 3.63) is 144 Å². The Kier molecular flexibility index (Phi) is 6.11. The molecule has 0 fully saturated rings. The fourth-order valence-corrected chi connectivity index (χ4v) is 5.08. The molecule has 2 heteroatoms. The van der Waals surface area contributed by atoms with E-state index in [2.05, 4.69) is 126 Å². The Morgan fingerprint density at radius 2 is 1.38 bits per heavy atom. The molecule has 5 aromatic rings. The second kappa shape index (κ2) is 10.0. The quantitative estimate of drug-likeness (QED) is 0.187. The molecule has 0 unspecified atom stereocenters. The second-order valence-electron chi connectivity index (χ2n) is 9.29. The highest BCUT2D eigenvalue weighted by molar-refractivity contribution is 6.05. The number of rotatable bonds is 5. The Hall–Kier alpha value is -4.87. The van der Waals surface area contributed by atoms with Gasteiger partial charge in [-0.05, 0) is 77.2 Å². The molecule has 176 valence electrons. The van der Waals surface area contributed by atoms with E-state index in [0.29, 0.717) is 0 Å². The molecule has 0 aromatic heterocycles. The van der Waals surface area contributed by atoms with Gasteiger partial charge in [0.2, 0.25) is 0 Å². The van der Waals surface area contributed by atoms with Crippen molar-refractivity contribution in [1.29, 1.82) is 5.26 Å². The lowest BCUT2D eigenvalue weighted by Gasteiger charge is -2.28. The van der Waals surface area contributed by atoms with Crippen LogP contribution in [-0.4, -0.2) is 0 Å². The Labute approximate surface area is 217 Å². The molecule has 0 bridgehead atoms. The van der Waals surface area contributed by atoms with Crippen LogP contribution in [0.4, 0.5) is 11.4 Å². The monoisotopic (exact) mass is 474 g/mol. The fourth-order valence-electron chi connectivity index (χ4n) is 5.08. The number of hydrogen-bond acceptors (Lipinski definition) is 2. The van der Waals surface area contributed by atoms with Gasteiger partial charge < -0.3 is 4.90 Å². The lowest BCUT2D eigenvalue weighted by molar-refractivity contribution is 0.917. The Balaban J connectivity index is 1.30. The molecule has 0 aliphatic heterocycles. The van der Waals surface area contributed by atoms with E-state index in [1.807, 2.05) is 18.2 Å². The van der Waals surface area contributed by atoms with E-state index in [-0.39, 0.29) is 0 Å². The second-order valence-corrected chi connectivity index (χ2v) is 9.29. The minimum absolute atomic E-state index is 0.741. The number of nitrogens with zero attached hydrogens (tertiary/aromatic N) is 2. The highest BCUT2D eigenvalue weighted by Crippen LogP contribution is 2.33. The molecule has 0 saturated heterocycles. The molecule has 5 aromatic carbocycles. The summed E-state index contributed by atoms with van der Waals surface area (Å²) in [5, 5.41) is 14.0. The Morgan fingerprint density at radius 3 is 2.16 bits per heavy atom. The first-order valence-electron chi connectivity index (χ1n) is 12.6. The van der Waals surface area contributed by atoms with Gasteiger partial charge in [-0.15, -0.1) is 0 Å². The zero-order valence-corrected chi connectivity index (χ0v) is 20.5. The number of fused-ring (bicyclic) bond motifs is 2. The minimum Gasteiger partial charge on any atom is -0.314 e. The van der Waals surface area contributed by atoms with Gasteiger partial charge in [-0.25, -0.2) is 0 Å². The predicted octanol–water partition coefficient (Wildman–Crippen LogP) is 9.41. The summed E-state index contributed by atoms with van der Waals surface area (Å²) in [7, 11) is 0. The van der Waals surface area contributed by atoms with Crippen molar-refractivity contribution in [1.82, 2.24) is 0 Å². The molecule has 37 heavy (non-hydrogen) atoms. The van der Waals surface area contributed by atoms with E-state index in [1.54, 1.807) is 0 Å². The summed E-state index contributed by atoms with van der Waals surface area (Å²) in [5.74, 6) is 0. The van der Waals surface area contributed by atoms with Crippen molar-refractivity contribution in [3.63, 3.8) is 0 Å². The smallest absolute Gasteiger partial charge is 0.100 e. The van der Waals surface area contributed by atoms with Crippen LogP contribution in [-0.2, 0) is 0 Å². The van der Waals surface area contributed by atoms with Crippen LogP contribution in [0.5, 0.6) is 0 Å². The first kappa shape index (κ1) is 22.6. The lowest BCUT2D eigenvalue weighted by atomic mass is 9.96. The maximum absolute atomic E-state index is 9.80. The maximum atomic E-state index is 9.80. The standard InChI is InChI=1S/C35H26N2/c36-25-35-33-14-8-7-9-28(33)24-29-23-27(19-22-34(29)35)16-15-26-17-20-32(21-18-26)37(30-10-3-1-4-11-30)31-12-5-2-6-13-31/h1-5,7-12,14-24H,6,13H2. The number of benzene rings is 5. The summed E-state index contributed by atoms with van der Waals surface area (Å²) < 4.78 is 0. The molecule has 1 aliphatic rings. The van der Waals surface area contributed by atoms with Crippen LogP contribution in [0.2, 0.25) is 0 Å². The van der Waals surface area contributed by atoms with Gasteiger partial charge in [0.25, 0.3) is 0 Å². The molecule has 0 radical (unpaired) electrons. The SMILES string of the molecule is N#Cc1c2ccccc2cc2cc(C=Cc3ccc(N(C4=CC=CCC4)c4ccccc4)cc3)ccc12. The zero-order valence-electron chi connectivity index (χ0n) is 20.5. The summed E-state index contributed by atoms with van der Waals surface area (Å²) >= 11 is 0. The molecule has 0 spiro atoms. The van der Waals surface area contributed by atoms with Crippen LogP contribution in [0.1, 0.15) is 29.5 Å². The first-order valence-corrected chi connectivity index (χ1v) is 12.6. The molecule has 0 heterocycles. The van der Waals surface area contributed by atoms with Crippen LogP contribution >= 0.6 is 0 Å². The van der Waals surface area contributed by atoms with E-state index in [9.17, 15) is 5.26 Å². The van der Waals surface area contributed by atoms with Gasteiger partial charge in [0, 0.05) is 27.8 Å². The highest BCUT2D eigenvalue weighted by atomic mass is 15.1. The minimum atomic E-state index is 0.741. The normalized spacial score (nSPS) is 13.1. The number of anilines is 2. The topological polar surface area (TPSA) is 27.0 Å².